The number of rotatable bonds is 6. The zero-order chi connectivity index (χ0) is 15.2. The van der Waals surface area contributed by atoms with E-state index < -0.39 is 0 Å². The van der Waals surface area contributed by atoms with Crippen molar-refractivity contribution in [1.82, 2.24) is 0 Å². The predicted octanol–water partition coefficient (Wildman–Crippen LogP) is 5.02. The van der Waals surface area contributed by atoms with Gasteiger partial charge in [0.25, 0.3) is 0 Å². The molecule has 0 spiro atoms. The molecule has 0 radical (unpaired) electrons. The van der Waals surface area contributed by atoms with Gasteiger partial charge in [0.05, 0.1) is 6.61 Å². The second kappa shape index (κ2) is 7.69. The Kier molecular flexibility index (Phi) is 5.92. The van der Waals surface area contributed by atoms with E-state index in [0.29, 0.717) is 16.5 Å². The van der Waals surface area contributed by atoms with E-state index >= 15 is 0 Å². The Hall–Kier alpha value is -1.22. The summed E-state index contributed by atoms with van der Waals surface area (Å²) in [5.41, 5.74) is 8.18. The highest BCUT2D eigenvalue weighted by Crippen LogP contribution is 2.29. The molecule has 0 saturated heterocycles. The molecule has 2 nitrogen and oxygen atoms in total. The molecule has 21 heavy (non-hydrogen) atoms. The van der Waals surface area contributed by atoms with Gasteiger partial charge in [-0.25, -0.2) is 0 Å². The van der Waals surface area contributed by atoms with Crippen LogP contribution in [-0.4, -0.2) is 6.61 Å². The average Bonchev–Trinajstić information content (AvgIpc) is 2.49. The lowest BCUT2D eigenvalue weighted by molar-refractivity contribution is 0.317. The molecule has 4 heteroatoms. The van der Waals surface area contributed by atoms with Gasteiger partial charge in [0, 0.05) is 16.1 Å². The molecule has 0 fully saturated rings. The second-order valence-corrected chi connectivity index (χ2v) is 5.74. The standard InChI is InChI=1S/C17H19Cl2NO/c1-2-10-21-13-8-6-12(7-9-13)17(20)11-14-15(18)4-3-5-16(14)19/h3-9,17H,2,10-11,20H2,1H3. The molecule has 0 bridgehead atoms. The molecule has 0 aromatic heterocycles. The molecule has 0 saturated carbocycles. The molecule has 0 aliphatic heterocycles. The maximum Gasteiger partial charge on any atom is 0.119 e. The van der Waals surface area contributed by atoms with Crippen LogP contribution in [0.1, 0.15) is 30.5 Å². The molecule has 2 rings (SSSR count). The van der Waals surface area contributed by atoms with Crippen LogP contribution in [-0.2, 0) is 6.42 Å². The van der Waals surface area contributed by atoms with Crippen LogP contribution in [0.25, 0.3) is 0 Å². The lowest BCUT2D eigenvalue weighted by Crippen LogP contribution is -2.13. The van der Waals surface area contributed by atoms with Gasteiger partial charge in [0.15, 0.2) is 0 Å². The quantitative estimate of drug-likeness (QED) is 0.809. The van der Waals surface area contributed by atoms with Gasteiger partial charge in [-0.1, -0.05) is 48.3 Å². The van der Waals surface area contributed by atoms with Gasteiger partial charge in [-0.05, 0) is 48.2 Å². The van der Waals surface area contributed by atoms with E-state index in [1.54, 1.807) is 0 Å². The molecule has 0 aliphatic rings. The van der Waals surface area contributed by atoms with E-state index in [1.165, 1.54) is 0 Å². The van der Waals surface area contributed by atoms with Crippen molar-refractivity contribution in [3.63, 3.8) is 0 Å². The van der Waals surface area contributed by atoms with Gasteiger partial charge in [0.2, 0.25) is 0 Å². The number of hydrogen-bond donors (Lipinski definition) is 1. The van der Waals surface area contributed by atoms with E-state index in [1.807, 2.05) is 42.5 Å². The van der Waals surface area contributed by atoms with Crippen molar-refractivity contribution in [2.24, 2.45) is 5.73 Å². The highest BCUT2D eigenvalue weighted by atomic mass is 35.5. The van der Waals surface area contributed by atoms with Crippen molar-refractivity contribution < 1.29 is 4.74 Å². The Morgan fingerprint density at radius 3 is 2.24 bits per heavy atom. The van der Waals surface area contributed by atoms with Crippen LogP contribution in [0.2, 0.25) is 10.0 Å². The predicted molar refractivity (Wildman–Crippen MR) is 89.3 cm³/mol. The summed E-state index contributed by atoms with van der Waals surface area (Å²) in [6.07, 6.45) is 1.60. The third-order valence-electron chi connectivity index (χ3n) is 3.27. The SMILES string of the molecule is CCCOc1ccc(C(N)Cc2c(Cl)cccc2Cl)cc1. The van der Waals surface area contributed by atoms with Gasteiger partial charge < -0.3 is 10.5 Å². The third kappa shape index (κ3) is 4.37. The summed E-state index contributed by atoms with van der Waals surface area (Å²) in [4.78, 5) is 0. The Bertz CT molecular complexity index is 564. The van der Waals surface area contributed by atoms with Gasteiger partial charge >= 0.3 is 0 Å². The fraction of sp³-hybridized carbons (Fsp3) is 0.294. The topological polar surface area (TPSA) is 35.2 Å². The first-order valence-electron chi connectivity index (χ1n) is 7.03. The minimum absolute atomic E-state index is 0.150. The van der Waals surface area contributed by atoms with Crippen molar-refractivity contribution in [3.8, 4) is 5.75 Å². The van der Waals surface area contributed by atoms with Crippen molar-refractivity contribution in [1.29, 1.82) is 0 Å². The number of hydrogen-bond acceptors (Lipinski definition) is 2. The van der Waals surface area contributed by atoms with E-state index in [-0.39, 0.29) is 6.04 Å². The number of nitrogens with two attached hydrogens (primary N) is 1. The zero-order valence-electron chi connectivity index (χ0n) is 12.0. The number of halogens is 2. The highest BCUT2D eigenvalue weighted by molar-refractivity contribution is 6.36. The zero-order valence-corrected chi connectivity index (χ0v) is 13.5. The highest BCUT2D eigenvalue weighted by Gasteiger charge is 2.12. The minimum atomic E-state index is -0.150. The maximum atomic E-state index is 6.26. The molecule has 2 aromatic rings. The van der Waals surface area contributed by atoms with Crippen LogP contribution in [0, 0.1) is 0 Å². The number of benzene rings is 2. The third-order valence-corrected chi connectivity index (χ3v) is 3.98. The minimum Gasteiger partial charge on any atom is -0.494 e. The van der Waals surface area contributed by atoms with Crippen LogP contribution in [0.3, 0.4) is 0 Å². The van der Waals surface area contributed by atoms with E-state index in [4.69, 9.17) is 33.7 Å². The Morgan fingerprint density at radius 1 is 1.05 bits per heavy atom. The van der Waals surface area contributed by atoms with Crippen LogP contribution >= 0.6 is 23.2 Å². The van der Waals surface area contributed by atoms with Crippen LogP contribution < -0.4 is 10.5 Å². The summed E-state index contributed by atoms with van der Waals surface area (Å²) >= 11 is 12.4. The average molecular weight is 324 g/mol. The lowest BCUT2D eigenvalue weighted by Gasteiger charge is -2.15. The van der Waals surface area contributed by atoms with Crippen molar-refractivity contribution in [3.05, 3.63) is 63.6 Å². The van der Waals surface area contributed by atoms with Gasteiger partial charge in [-0.15, -0.1) is 0 Å². The van der Waals surface area contributed by atoms with Crippen molar-refractivity contribution >= 4 is 23.2 Å². The Morgan fingerprint density at radius 2 is 1.67 bits per heavy atom. The molecule has 0 heterocycles. The fourth-order valence-corrected chi connectivity index (χ4v) is 2.65. The molecule has 0 aliphatic carbocycles. The lowest BCUT2D eigenvalue weighted by atomic mass is 9.99. The number of ether oxygens (including phenoxy) is 1. The first-order chi connectivity index (χ1) is 10.1. The van der Waals surface area contributed by atoms with Crippen molar-refractivity contribution in [2.75, 3.05) is 6.61 Å². The van der Waals surface area contributed by atoms with Gasteiger partial charge in [0.1, 0.15) is 5.75 Å². The summed E-state index contributed by atoms with van der Waals surface area (Å²) in [5.74, 6) is 0.864. The molecular formula is C17H19Cl2NO. The summed E-state index contributed by atoms with van der Waals surface area (Å²) in [7, 11) is 0. The van der Waals surface area contributed by atoms with Crippen LogP contribution in [0.5, 0.6) is 5.75 Å². The Balaban J connectivity index is 2.08. The van der Waals surface area contributed by atoms with Crippen molar-refractivity contribution in [2.45, 2.75) is 25.8 Å². The maximum absolute atomic E-state index is 6.26. The van der Waals surface area contributed by atoms with Gasteiger partial charge in [-0.2, -0.15) is 0 Å². The normalized spacial score (nSPS) is 12.2. The van der Waals surface area contributed by atoms with E-state index in [2.05, 4.69) is 6.92 Å². The summed E-state index contributed by atoms with van der Waals surface area (Å²) in [5, 5.41) is 1.31. The molecule has 2 N–H and O–H groups in total. The molecule has 0 amide bonds. The van der Waals surface area contributed by atoms with Gasteiger partial charge in [-0.3, -0.25) is 0 Å². The second-order valence-electron chi connectivity index (χ2n) is 4.93. The molecule has 2 aromatic carbocycles. The molecule has 1 atom stereocenters. The summed E-state index contributed by atoms with van der Waals surface area (Å²) < 4.78 is 5.56. The summed E-state index contributed by atoms with van der Waals surface area (Å²) in [6, 6.07) is 13.2. The largest absolute Gasteiger partial charge is 0.494 e. The molecular weight excluding hydrogens is 305 g/mol. The summed E-state index contributed by atoms with van der Waals surface area (Å²) in [6.45, 7) is 2.80. The first-order valence-corrected chi connectivity index (χ1v) is 7.78. The monoisotopic (exact) mass is 323 g/mol. The van der Waals surface area contributed by atoms with E-state index in [0.717, 1.165) is 29.9 Å². The first kappa shape index (κ1) is 16.2. The fourth-order valence-electron chi connectivity index (χ4n) is 2.10. The van der Waals surface area contributed by atoms with Crippen LogP contribution in [0.15, 0.2) is 42.5 Å². The van der Waals surface area contributed by atoms with E-state index in [9.17, 15) is 0 Å². The molecule has 1 unspecified atom stereocenters. The van der Waals surface area contributed by atoms with Crippen LogP contribution in [0.4, 0.5) is 0 Å². The Labute approximate surface area is 135 Å². The smallest absolute Gasteiger partial charge is 0.119 e. The molecule has 112 valence electrons.